The van der Waals surface area contributed by atoms with Crippen LogP contribution in [0.25, 0.3) is 0 Å². The molecule has 2 rings (SSSR count). The van der Waals surface area contributed by atoms with Gasteiger partial charge in [0.1, 0.15) is 17.4 Å². The minimum Gasteiger partial charge on any atom is -0.464 e. The van der Waals surface area contributed by atoms with Crippen LogP contribution in [0.1, 0.15) is 31.1 Å². The Morgan fingerprint density at radius 3 is 2.67 bits per heavy atom. The van der Waals surface area contributed by atoms with Crippen LogP contribution in [0.2, 0.25) is 5.02 Å². The number of ketones is 1. The zero-order chi connectivity index (χ0) is 20.4. The van der Waals surface area contributed by atoms with Crippen LogP contribution in [-0.2, 0) is 23.8 Å². The maximum Gasteiger partial charge on any atom is 0.350 e. The highest BCUT2D eigenvalue weighted by atomic mass is 35.5. The molecular formula is C17H16ClNO8. The molecule has 27 heavy (non-hydrogen) atoms. The zero-order valence-corrected chi connectivity index (χ0v) is 15.4. The van der Waals surface area contributed by atoms with Gasteiger partial charge in [0.25, 0.3) is 5.69 Å². The SMILES string of the molecule is CCOC(=O)C1(C)OC(C)C(OC(=O)c2ccc(Cl)cc2[N+](=O)[O-])=CC1=O. The second kappa shape index (κ2) is 7.85. The highest BCUT2D eigenvalue weighted by Crippen LogP contribution is 2.29. The van der Waals surface area contributed by atoms with Gasteiger partial charge >= 0.3 is 11.9 Å². The maximum atomic E-state index is 12.3. The Hall–Kier alpha value is -2.78. The molecule has 0 bridgehead atoms. The maximum absolute atomic E-state index is 12.3. The van der Waals surface area contributed by atoms with Gasteiger partial charge in [-0.3, -0.25) is 14.9 Å². The lowest BCUT2D eigenvalue weighted by atomic mass is 9.96. The van der Waals surface area contributed by atoms with Crippen LogP contribution in [0, 0.1) is 10.1 Å². The summed E-state index contributed by atoms with van der Waals surface area (Å²) in [7, 11) is 0. The average Bonchev–Trinajstić information content (AvgIpc) is 2.59. The van der Waals surface area contributed by atoms with Gasteiger partial charge in [0, 0.05) is 17.2 Å². The summed E-state index contributed by atoms with van der Waals surface area (Å²) in [6.45, 7) is 4.35. The zero-order valence-electron chi connectivity index (χ0n) is 14.7. The molecule has 0 saturated carbocycles. The quantitative estimate of drug-likeness (QED) is 0.321. The second-order valence-electron chi connectivity index (χ2n) is 5.73. The monoisotopic (exact) mass is 397 g/mol. The number of hydrogen-bond donors (Lipinski definition) is 0. The first-order valence-corrected chi connectivity index (χ1v) is 8.25. The molecular weight excluding hydrogens is 382 g/mol. The third kappa shape index (κ3) is 4.15. The standard InChI is InChI=1S/C17H16ClNO8/c1-4-25-16(22)17(3)14(20)8-13(9(2)27-17)26-15(21)11-6-5-10(18)7-12(11)19(23)24/h5-9H,4H2,1-3H3. The van der Waals surface area contributed by atoms with Gasteiger partial charge in [-0.2, -0.15) is 0 Å². The number of ether oxygens (including phenoxy) is 3. The van der Waals surface area contributed by atoms with Crippen LogP contribution in [0.15, 0.2) is 30.0 Å². The van der Waals surface area contributed by atoms with Crippen LogP contribution in [0.3, 0.4) is 0 Å². The van der Waals surface area contributed by atoms with Gasteiger partial charge in [0.2, 0.25) is 11.4 Å². The number of nitro groups is 1. The molecule has 0 N–H and O–H groups in total. The largest absolute Gasteiger partial charge is 0.464 e. The molecule has 0 radical (unpaired) electrons. The van der Waals surface area contributed by atoms with E-state index in [-0.39, 0.29) is 23.0 Å². The highest BCUT2D eigenvalue weighted by Gasteiger charge is 2.48. The number of carbonyl (C=O) groups is 3. The normalized spacial score (nSPS) is 22.0. The molecule has 0 aromatic heterocycles. The van der Waals surface area contributed by atoms with Crippen LogP contribution in [0.4, 0.5) is 5.69 Å². The molecule has 0 spiro atoms. The van der Waals surface area contributed by atoms with Crippen molar-refractivity contribution in [3.63, 3.8) is 0 Å². The summed E-state index contributed by atoms with van der Waals surface area (Å²) >= 11 is 5.71. The van der Waals surface area contributed by atoms with Crippen molar-refractivity contribution in [2.45, 2.75) is 32.5 Å². The van der Waals surface area contributed by atoms with E-state index in [1.165, 1.54) is 19.9 Å². The lowest BCUT2D eigenvalue weighted by molar-refractivity contribution is -0.385. The molecule has 1 aromatic rings. The Labute approximate surface area is 159 Å². The van der Waals surface area contributed by atoms with Gasteiger partial charge < -0.3 is 14.2 Å². The Morgan fingerprint density at radius 2 is 2.07 bits per heavy atom. The van der Waals surface area contributed by atoms with E-state index in [0.717, 1.165) is 18.2 Å². The molecule has 10 heteroatoms. The molecule has 2 unspecified atom stereocenters. The van der Waals surface area contributed by atoms with Crippen molar-refractivity contribution in [2.24, 2.45) is 0 Å². The van der Waals surface area contributed by atoms with Gasteiger partial charge in [-0.1, -0.05) is 11.6 Å². The minimum absolute atomic E-state index is 0.0607. The summed E-state index contributed by atoms with van der Waals surface area (Å²) in [6, 6.07) is 3.45. The van der Waals surface area contributed by atoms with E-state index < -0.39 is 40.0 Å². The first-order chi connectivity index (χ1) is 12.6. The van der Waals surface area contributed by atoms with Crippen LogP contribution < -0.4 is 0 Å². The van der Waals surface area contributed by atoms with E-state index in [4.69, 9.17) is 25.8 Å². The van der Waals surface area contributed by atoms with Crippen molar-refractivity contribution >= 4 is 35.0 Å². The molecule has 144 valence electrons. The van der Waals surface area contributed by atoms with E-state index in [0.29, 0.717) is 0 Å². The number of carbonyl (C=O) groups excluding carboxylic acids is 3. The number of rotatable bonds is 5. The van der Waals surface area contributed by atoms with Crippen molar-refractivity contribution < 1.29 is 33.5 Å². The van der Waals surface area contributed by atoms with E-state index in [1.807, 2.05) is 0 Å². The number of hydrogen-bond acceptors (Lipinski definition) is 8. The third-order valence-electron chi connectivity index (χ3n) is 3.81. The summed E-state index contributed by atoms with van der Waals surface area (Å²) in [5.74, 6) is -2.88. The first kappa shape index (κ1) is 20.5. The first-order valence-electron chi connectivity index (χ1n) is 7.87. The average molecular weight is 398 g/mol. The van der Waals surface area contributed by atoms with Crippen molar-refractivity contribution in [3.8, 4) is 0 Å². The molecule has 1 aromatic carbocycles. The summed E-state index contributed by atoms with van der Waals surface area (Å²) in [4.78, 5) is 46.9. The molecule has 1 aliphatic heterocycles. The smallest absolute Gasteiger partial charge is 0.350 e. The Kier molecular flexibility index (Phi) is 5.97. The van der Waals surface area contributed by atoms with Gasteiger partial charge in [-0.05, 0) is 32.9 Å². The number of esters is 2. The molecule has 0 saturated heterocycles. The number of nitro benzene ring substituents is 1. The van der Waals surface area contributed by atoms with Gasteiger partial charge in [-0.25, -0.2) is 9.59 Å². The molecule has 2 atom stereocenters. The minimum atomic E-state index is -1.86. The molecule has 0 aliphatic carbocycles. The fourth-order valence-electron chi connectivity index (χ4n) is 2.37. The molecule has 1 aliphatic rings. The Bertz CT molecular complexity index is 849. The van der Waals surface area contributed by atoms with Gasteiger partial charge in [0.15, 0.2) is 0 Å². The van der Waals surface area contributed by atoms with Crippen molar-refractivity contribution in [3.05, 3.63) is 50.7 Å². The highest BCUT2D eigenvalue weighted by molar-refractivity contribution is 6.31. The molecule has 1 heterocycles. The second-order valence-corrected chi connectivity index (χ2v) is 6.17. The number of halogens is 1. The van der Waals surface area contributed by atoms with Crippen LogP contribution >= 0.6 is 11.6 Å². The van der Waals surface area contributed by atoms with E-state index in [1.54, 1.807) is 6.92 Å². The Balaban J connectivity index is 2.28. The van der Waals surface area contributed by atoms with Crippen LogP contribution in [0.5, 0.6) is 0 Å². The molecule has 0 amide bonds. The van der Waals surface area contributed by atoms with Gasteiger partial charge in [-0.15, -0.1) is 0 Å². The van der Waals surface area contributed by atoms with Gasteiger partial charge in [0.05, 0.1) is 11.5 Å². The Morgan fingerprint density at radius 1 is 1.41 bits per heavy atom. The predicted molar refractivity (Wildman–Crippen MR) is 92.2 cm³/mol. The lowest BCUT2D eigenvalue weighted by Crippen LogP contribution is -2.51. The fourth-order valence-corrected chi connectivity index (χ4v) is 2.54. The third-order valence-corrected chi connectivity index (χ3v) is 4.04. The van der Waals surface area contributed by atoms with Crippen molar-refractivity contribution in [2.75, 3.05) is 6.61 Å². The number of nitrogens with zero attached hydrogens (tertiary/aromatic N) is 1. The number of benzene rings is 1. The summed E-state index contributed by atoms with van der Waals surface area (Å²) < 4.78 is 15.4. The van der Waals surface area contributed by atoms with Crippen molar-refractivity contribution in [1.29, 1.82) is 0 Å². The molecule has 0 fully saturated rings. The lowest BCUT2D eigenvalue weighted by Gasteiger charge is -2.32. The van der Waals surface area contributed by atoms with Crippen LogP contribution in [-0.4, -0.2) is 41.0 Å². The summed E-state index contributed by atoms with van der Waals surface area (Å²) in [6.07, 6.45) is -0.00232. The molecule has 9 nitrogen and oxygen atoms in total. The van der Waals surface area contributed by atoms with E-state index in [2.05, 4.69) is 0 Å². The predicted octanol–water partition coefficient (Wildman–Crippen LogP) is 2.60. The topological polar surface area (TPSA) is 122 Å². The van der Waals surface area contributed by atoms with E-state index in [9.17, 15) is 24.5 Å². The fraction of sp³-hybridized carbons (Fsp3) is 0.353. The van der Waals surface area contributed by atoms with Crippen molar-refractivity contribution in [1.82, 2.24) is 0 Å². The summed E-state index contributed by atoms with van der Waals surface area (Å²) in [5, 5.41) is 11.2. The summed E-state index contributed by atoms with van der Waals surface area (Å²) in [5.41, 5.74) is -2.75. The van der Waals surface area contributed by atoms with E-state index >= 15 is 0 Å².